The molecule has 0 amide bonds. The molecule has 2 aromatic heterocycles. The van der Waals surface area contributed by atoms with Crippen LogP contribution in [0.25, 0.3) is 33.1 Å². The van der Waals surface area contributed by atoms with Gasteiger partial charge < -0.3 is 4.74 Å². The molecule has 0 aliphatic carbocycles. The maximum Gasteiger partial charge on any atom is 0.292 e. The Balaban J connectivity index is 0.000000481. The van der Waals surface area contributed by atoms with Crippen molar-refractivity contribution in [2.45, 2.75) is 12.1 Å². The van der Waals surface area contributed by atoms with Gasteiger partial charge in [-0.2, -0.15) is 0 Å². The molecule has 0 saturated carbocycles. The predicted octanol–water partition coefficient (Wildman–Crippen LogP) is 4.66. The monoisotopic (exact) mass is 377 g/mol. The first-order valence-electron chi connectivity index (χ1n) is 8.31. The summed E-state index contributed by atoms with van der Waals surface area (Å²) in [5.41, 5.74) is 5.08. The summed E-state index contributed by atoms with van der Waals surface area (Å²) < 4.78 is 3.86. The Kier molecular flexibility index (Phi) is 5.98. The smallest absolute Gasteiger partial charge is 0.292 e. The Hall–Kier alpha value is -2.99. The molecule has 0 atom stereocenters. The number of pyridine rings is 1. The van der Waals surface area contributed by atoms with Crippen LogP contribution in [0.2, 0.25) is 0 Å². The molecule has 0 saturated heterocycles. The maximum atomic E-state index is 8.95. The first kappa shape index (κ1) is 18.8. The van der Waals surface area contributed by atoms with E-state index < -0.39 is 0 Å². The molecular formula is C21H19N3O2S. The molecule has 2 aromatic carbocycles. The molecule has 0 aliphatic heterocycles. The summed E-state index contributed by atoms with van der Waals surface area (Å²) in [6.07, 6.45) is 3.90. The van der Waals surface area contributed by atoms with Crippen LogP contribution < -0.4 is 0 Å². The number of benzene rings is 2. The number of rotatable bonds is 3. The van der Waals surface area contributed by atoms with Crippen LogP contribution in [0.4, 0.5) is 0 Å². The van der Waals surface area contributed by atoms with Gasteiger partial charge in [-0.1, -0.05) is 54.2 Å². The lowest BCUT2D eigenvalue weighted by atomic mass is 10.0. The summed E-state index contributed by atoms with van der Waals surface area (Å²) in [6, 6.07) is 16.5. The van der Waals surface area contributed by atoms with Crippen LogP contribution in [0.5, 0.6) is 0 Å². The quantitative estimate of drug-likeness (QED) is 0.224. The van der Waals surface area contributed by atoms with Crippen LogP contribution in [-0.2, 0) is 9.53 Å². The highest BCUT2D eigenvalue weighted by Gasteiger charge is 2.13. The molecular weight excluding hydrogens is 358 g/mol. The topological polar surface area (TPSA) is 65.0 Å². The lowest BCUT2D eigenvalue weighted by Crippen LogP contribution is -1.95. The van der Waals surface area contributed by atoms with E-state index in [9.17, 15) is 0 Å². The summed E-state index contributed by atoms with van der Waals surface area (Å²) >= 11 is 1.55. The average Bonchev–Trinajstić information content (AvgIpc) is 2.73. The highest BCUT2D eigenvalue weighted by molar-refractivity contribution is 7.98. The van der Waals surface area contributed by atoms with Gasteiger partial charge in [0, 0.05) is 22.5 Å². The second-order valence-electron chi connectivity index (χ2n) is 5.80. The van der Waals surface area contributed by atoms with E-state index in [0.717, 1.165) is 38.2 Å². The molecule has 4 aromatic rings. The van der Waals surface area contributed by atoms with Crippen LogP contribution in [0.15, 0.2) is 59.9 Å². The summed E-state index contributed by atoms with van der Waals surface area (Å²) in [5, 5.41) is 2.91. The zero-order chi connectivity index (χ0) is 19.2. The number of methoxy groups -OCH3 is 1. The third kappa shape index (κ3) is 4.06. The summed E-state index contributed by atoms with van der Waals surface area (Å²) in [4.78, 5) is 23.1. The SMILES string of the molecule is COC=O.CSc1ncc2c(n1)c(-c1ccccc1)nc1cc(C)ccc12. The number of fused-ring (bicyclic) bond motifs is 3. The molecule has 6 heteroatoms. The van der Waals surface area contributed by atoms with E-state index in [0.29, 0.717) is 6.47 Å². The van der Waals surface area contributed by atoms with Crippen molar-refractivity contribution in [1.82, 2.24) is 15.0 Å². The number of nitrogens with zero attached hydrogens (tertiary/aromatic N) is 3. The fourth-order valence-electron chi connectivity index (χ4n) is 2.77. The third-order valence-corrected chi connectivity index (χ3v) is 4.55. The molecule has 0 aliphatic rings. The van der Waals surface area contributed by atoms with Gasteiger partial charge >= 0.3 is 0 Å². The van der Waals surface area contributed by atoms with Crippen molar-refractivity contribution in [1.29, 1.82) is 0 Å². The minimum atomic E-state index is 0.375. The van der Waals surface area contributed by atoms with Crippen LogP contribution in [-0.4, -0.2) is 34.8 Å². The molecule has 27 heavy (non-hydrogen) atoms. The molecule has 0 N–H and O–H groups in total. The number of aryl methyl sites for hydroxylation is 1. The highest BCUT2D eigenvalue weighted by atomic mass is 32.2. The van der Waals surface area contributed by atoms with Gasteiger partial charge in [-0.15, -0.1) is 0 Å². The van der Waals surface area contributed by atoms with E-state index in [2.05, 4.69) is 47.0 Å². The zero-order valence-corrected chi connectivity index (χ0v) is 16.2. The van der Waals surface area contributed by atoms with Gasteiger partial charge in [0.05, 0.1) is 18.3 Å². The lowest BCUT2D eigenvalue weighted by Gasteiger charge is -2.10. The Morgan fingerprint density at radius 2 is 1.78 bits per heavy atom. The number of aromatic nitrogens is 3. The van der Waals surface area contributed by atoms with Gasteiger partial charge in [-0.25, -0.2) is 15.0 Å². The molecule has 4 rings (SSSR count). The van der Waals surface area contributed by atoms with Gasteiger partial charge in [-0.3, -0.25) is 4.79 Å². The van der Waals surface area contributed by atoms with Crippen molar-refractivity contribution < 1.29 is 9.53 Å². The minimum absolute atomic E-state index is 0.375. The van der Waals surface area contributed by atoms with Crippen LogP contribution >= 0.6 is 11.8 Å². The highest BCUT2D eigenvalue weighted by Crippen LogP contribution is 2.32. The molecule has 136 valence electrons. The Bertz CT molecular complexity index is 1080. The van der Waals surface area contributed by atoms with Crippen molar-refractivity contribution in [2.75, 3.05) is 13.4 Å². The van der Waals surface area contributed by atoms with Crippen LogP contribution in [0.1, 0.15) is 5.56 Å². The molecule has 0 bridgehead atoms. The lowest BCUT2D eigenvalue weighted by molar-refractivity contribution is -0.126. The number of hydrogen-bond donors (Lipinski definition) is 0. The van der Waals surface area contributed by atoms with E-state index in [-0.39, 0.29) is 0 Å². The molecule has 0 unspecified atom stereocenters. The zero-order valence-electron chi connectivity index (χ0n) is 15.3. The second-order valence-corrected chi connectivity index (χ2v) is 6.57. The first-order chi connectivity index (χ1) is 13.2. The summed E-state index contributed by atoms with van der Waals surface area (Å²) in [6.45, 7) is 2.46. The number of ether oxygens (including phenoxy) is 1. The van der Waals surface area contributed by atoms with Crippen molar-refractivity contribution in [3.05, 3.63) is 60.3 Å². The number of carbonyl (C=O) groups excluding carboxylic acids is 1. The molecule has 2 heterocycles. The first-order valence-corrected chi connectivity index (χ1v) is 9.53. The molecule has 0 radical (unpaired) electrons. The fraction of sp³-hybridized carbons (Fsp3) is 0.143. The number of hydrogen-bond acceptors (Lipinski definition) is 6. The Labute approximate surface area is 161 Å². The van der Waals surface area contributed by atoms with Crippen molar-refractivity contribution in [3.8, 4) is 11.3 Å². The maximum absolute atomic E-state index is 8.95. The third-order valence-electron chi connectivity index (χ3n) is 3.99. The van der Waals surface area contributed by atoms with Gasteiger partial charge in [0.25, 0.3) is 6.47 Å². The van der Waals surface area contributed by atoms with Gasteiger partial charge in [0.15, 0.2) is 5.16 Å². The molecule has 0 fully saturated rings. The number of carbonyl (C=O) groups is 1. The van der Waals surface area contributed by atoms with E-state index >= 15 is 0 Å². The Morgan fingerprint density at radius 1 is 1.04 bits per heavy atom. The predicted molar refractivity (Wildman–Crippen MR) is 110 cm³/mol. The van der Waals surface area contributed by atoms with E-state index in [1.165, 1.54) is 12.7 Å². The van der Waals surface area contributed by atoms with Gasteiger partial charge in [-0.05, 0) is 24.8 Å². The summed E-state index contributed by atoms with van der Waals surface area (Å²) in [5.74, 6) is 0. The second kappa shape index (κ2) is 8.60. The van der Waals surface area contributed by atoms with E-state index in [4.69, 9.17) is 14.8 Å². The van der Waals surface area contributed by atoms with Crippen molar-refractivity contribution in [3.63, 3.8) is 0 Å². The van der Waals surface area contributed by atoms with Crippen LogP contribution in [0, 0.1) is 6.92 Å². The fourth-order valence-corrected chi connectivity index (χ4v) is 3.11. The molecule has 0 spiro atoms. The summed E-state index contributed by atoms with van der Waals surface area (Å²) in [7, 11) is 1.31. The average molecular weight is 377 g/mol. The minimum Gasteiger partial charge on any atom is -0.471 e. The van der Waals surface area contributed by atoms with Crippen molar-refractivity contribution >= 4 is 40.0 Å². The normalized spacial score (nSPS) is 10.3. The number of thioether (sulfide) groups is 1. The van der Waals surface area contributed by atoms with Crippen molar-refractivity contribution in [2.24, 2.45) is 0 Å². The molecule has 5 nitrogen and oxygen atoms in total. The Morgan fingerprint density at radius 3 is 2.44 bits per heavy atom. The van der Waals surface area contributed by atoms with Crippen LogP contribution in [0.3, 0.4) is 0 Å². The van der Waals surface area contributed by atoms with E-state index in [1.807, 2.05) is 30.7 Å². The standard InChI is InChI=1S/C19H15N3S.C2H4O2/c1-12-8-9-14-15-11-20-19(23-2)22-18(15)17(21-16(14)10-12)13-6-4-3-5-7-13;1-4-2-3/h3-11H,1-2H3;2H,1H3. The van der Waals surface area contributed by atoms with E-state index in [1.54, 1.807) is 11.8 Å². The van der Waals surface area contributed by atoms with Gasteiger partial charge in [0.2, 0.25) is 0 Å². The largest absolute Gasteiger partial charge is 0.471 e. The van der Waals surface area contributed by atoms with Gasteiger partial charge in [0.1, 0.15) is 5.52 Å².